The highest BCUT2D eigenvalue weighted by molar-refractivity contribution is 6.04. The molecule has 4 heterocycles. The zero-order valence-corrected chi connectivity index (χ0v) is 19.4. The van der Waals surface area contributed by atoms with Gasteiger partial charge in [0.25, 0.3) is 0 Å². The van der Waals surface area contributed by atoms with Crippen molar-refractivity contribution in [3.8, 4) is 17.1 Å². The van der Waals surface area contributed by atoms with Gasteiger partial charge in [-0.15, -0.1) is 0 Å². The van der Waals surface area contributed by atoms with Crippen LogP contribution in [0, 0.1) is 0 Å². The van der Waals surface area contributed by atoms with Crippen molar-refractivity contribution in [3.63, 3.8) is 0 Å². The molecule has 37 heavy (non-hydrogen) atoms. The molecule has 0 spiro atoms. The number of nitrogens with zero attached hydrogens (tertiary/aromatic N) is 5. The van der Waals surface area contributed by atoms with Gasteiger partial charge in [0.15, 0.2) is 11.6 Å². The number of hydrogen-bond donors (Lipinski definition) is 3. The second-order valence-corrected chi connectivity index (χ2v) is 8.69. The van der Waals surface area contributed by atoms with Crippen molar-refractivity contribution in [2.45, 2.75) is 24.7 Å². The maximum Gasteiger partial charge on any atom is 0.416 e. The highest BCUT2D eigenvalue weighted by Gasteiger charge is 2.41. The van der Waals surface area contributed by atoms with Gasteiger partial charge in [0.05, 0.1) is 30.1 Å². The van der Waals surface area contributed by atoms with E-state index in [4.69, 9.17) is 9.84 Å². The number of aliphatic hydroxyl groups is 2. The average molecular weight is 516 g/mol. The molecule has 13 heteroatoms. The minimum absolute atomic E-state index is 0.0705. The number of ether oxygens (including phenoxy) is 1. The molecule has 1 aromatic carbocycles. The Labute approximate surface area is 209 Å². The number of alkyl halides is 3. The van der Waals surface area contributed by atoms with E-state index in [1.54, 1.807) is 6.07 Å². The number of carbonyl (C=O) groups excluding carboxylic acids is 1. The normalized spacial score (nSPS) is 17.4. The van der Waals surface area contributed by atoms with Gasteiger partial charge in [0.1, 0.15) is 24.3 Å². The van der Waals surface area contributed by atoms with Crippen LogP contribution in [0.3, 0.4) is 0 Å². The summed E-state index contributed by atoms with van der Waals surface area (Å²) in [6, 6.07) is 7.04. The maximum absolute atomic E-state index is 13.4. The fourth-order valence-corrected chi connectivity index (χ4v) is 4.33. The molecule has 2 bridgehead atoms. The average Bonchev–Trinajstić information content (AvgIpc) is 3.31. The summed E-state index contributed by atoms with van der Waals surface area (Å²) in [5.41, 5.74) is -0.0189. The lowest BCUT2D eigenvalue weighted by Crippen LogP contribution is -2.48. The molecule has 3 aromatic rings. The van der Waals surface area contributed by atoms with E-state index in [1.165, 1.54) is 35.5 Å². The Balaban J connectivity index is 1.42. The van der Waals surface area contributed by atoms with Crippen molar-refractivity contribution >= 4 is 23.4 Å². The molecule has 0 radical (unpaired) electrons. The Kier molecular flexibility index (Phi) is 6.56. The zero-order chi connectivity index (χ0) is 26.2. The van der Waals surface area contributed by atoms with E-state index in [1.807, 2.05) is 4.90 Å². The molecule has 194 valence electrons. The first-order chi connectivity index (χ1) is 17.7. The molecule has 0 saturated carbocycles. The number of fused-ring (bicyclic) bond motifs is 4. The van der Waals surface area contributed by atoms with Crippen molar-refractivity contribution in [1.29, 1.82) is 0 Å². The molecule has 1 fully saturated rings. The molecule has 2 amide bonds. The van der Waals surface area contributed by atoms with E-state index in [-0.39, 0.29) is 29.9 Å². The number of nitrogens with one attached hydrogen (secondary N) is 1. The Morgan fingerprint density at radius 3 is 2.86 bits per heavy atom. The molecule has 10 nitrogen and oxygen atoms in total. The van der Waals surface area contributed by atoms with E-state index in [0.717, 1.165) is 12.1 Å². The van der Waals surface area contributed by atoms with Gasteiger partial charge >= 0.3 is 12.2 Å². The van der Waals surface area contributed by atoms with Crippen LogP contribution < -0.4 is 19.9 Å². The first kappa shape index (κ1) is 24.7. The molecule has 2 aromatic heterocycles. The summed E-state index contributed by atoms with van der Waals surface area (Å²) >= 11 is 0. The van der Waals surface area contributed by atoms with Gasteiger partial charge in [0, 0.05) is 30.9 Å². The zero-order valence-electron chi connectivity index (χ0n) is 19.4. The van der Waals surface area contributed by atoms with E-state index >= 15 is 0 Å². The lowest BCUT2D eigenvalue weighted by Gasteiger charge is -2.35. The van der Waals surface area contributed by atoms with Gasteiger partial charge < -0.3 is 19.8 Å². The summed E-state index contributed by atoms with van der Waals surface area (Å²) in [5, 5.41) is 21.1. The number of urea groups is 1. The van der Waals surface area contributed by atoms with E-state index in [0.29, 0.717) is 36.8 Å². The molecule has 0 aliphatic carbocycles. The van der Waals surface area contributed by atoms with E-state index in [2.05, 4.69) is 20.3 Å². The topological polar surface area (TPSA) is 124 Å². The number of aliphatic hydroxyl groups excluding tert-OH is 2. The van der Waals surface area contributed by atoms with Gasteiger partial charge in [-0.2, -0.15) is 13.2 Å². The number of rotatable bonds is 6. The maximum atomic E-state index is 13.4. The standard InChI is InChI=1S/C24H23F3N6O4/c25-24(26,27)15-3-1-2-14(8-15)21-29-10-19-22(31-21)33(16-5-7-32(19)11-16)23(36)30-20-9-18(4-6-28-20)37-13-17(35)12-34/h1-4,6,8-10,16-17,34-35H,5,7,11-13H2,(H,28,30,36)/t16-,17+/m0/s1. The van der Waals surface area contributed by atoms with Crippen molar-refractivity contribution < 1.29 is 32.9 Å². The summed E-state index contributed by atoms with van der Waals surface area (Å²) in [6.07, 6.45) is -1.93. The Hall–Kier alpha value is -3.97. The number of benzene rings is 1. The predicted octanol–water partition coefficient (Wildman–Crippen LogP) is 2.92. The summed E-state index contributed by atoms with van der Waals surface area (Å²) in [7, 11) is 0. The van der Waals surface area contributed by atoms with Gasteiger partial charge in [-0.1, -0.05) is 12.1 Å². The van der Waals surface area contributed by atoms with Gasteiger partial charge in [-0.05, 0) is 24.6 Å². The fourth-order valence-electron chi connectivity index (χ4n) is 4.33. The Morgan fingerprint density at radius 1 is 1.24 bits per heavy atom. The van der Waals surface area contributed by atoms with Crippen LogP contribution in [0.15, 0.2) is 48.8 Å². The highest BCUT2D eigenvalue weighted by Crippen LogP contribution is 2.40. The second-order valence-electron chi connectivity index (χ2n) is 8.69. The monoisotopic (exact) mass is 516 g/mol. The first-order valence-electron chi connectivity index (χ1n) is 11.5. The van der Waals surface area contributed by atoms with Crippen molar-refractivity contribution in [2.24, 2.45) is 0 Å². The SMILES string of the molecule is O=C(Nc1cc(OC[C@H](O)CO)ccn1)N1c2nc(-c3cccc(C(F)(F)F)c3)ncc2N2CC[C@H]1C2. The summed E-state index contributed by atoms with van der Waals surface area (Å²) in [5.74, 6) is 0.890. The number of pyridine rings is 1. The Morgan fingerprint density at radius 2 is 2.08 bits per heavy atom. The first-order valence-corrected chi connectivity index (χ1v) is 11.5. The van der Waals surface area contributed by atoms with Gasteiger partial charge in [-0.3, -0.25) is 10.2 Å². The third-order valence-electron chi connectivity index (χ3n) is 6.13. The van der Waals surface area contributed by atoms with Crippen LogP contribution >= 0.6 is 0 Å². The lowest BCUT2D eigenvalue weighted by molar-refractivity contribution is -0.137. The molecule has 5 rings (SSSR count). The second kappa shape index (κ2) is 9.82. The largest absolute Gasteiger partial charge is 0.491 e. The summed E-state index contributed by atoms with van der Waals surface area (Å²) in [6.45, 7) is 0.664. The quantitative estimate of drug-likeness (QED) is 0.457. The van der Waals surface area contributed by atoms with Crippen LogP contribution in [0.25, 0.3) is 11.4 Å². The van der Waals surface area contributed by atoms with Gasteiger partial charge in [0.2, 0.25) is 0 Å². The van der Waals surface area contributed by atoms with Crippen LogP contribution in [-0.2, 0) is 6.18 Å². The highest BCUT2D eigenvalue weighted by atomic mass is 19.4. The molecule has 1 saturated heterocycles. The molecule has 3 N–H and O–H groups in total. The van der Waals surface area contributed by atoms with Crippen LogP contribution in [0.1, 0.15) is 12.0 Å². The number of hydrogen-bond acceptors (Lipinski definition) is 8. The number of amides is 2. The fraction of sp³-hybridized carbons (Fsp3) is 0.333. The molecule has 0 unspecified atom stereocenters. The molecule has 2 aliphatic heterocycles. The van der Waals surface area contributed by atoms with Gasteiger partial charge in [-0.25, -0.2) is 19.7 Å². The predicted molar refractivity (Wildman–Crippen MR) is 127 cm³/mol. The summed E-state index contributed by atoms with van der Waals surface area (Å²) in [4.78, 5) is 29.9. The lowest BCUT2D eigenvalue weighted by atomic mass is 10.1. The van der Waals surface area contributed by atoms with Crippen molar-refractivity contribution in [3.05, 3.63) is 54.4 Å². The minimum Gasteiger partial charge on any atom is -0.491 e. The number of anilines is 3. The summed E-state index contributed by atoms with van der Waals surface area (Å²) < 4.78 is 45.1. The molecular weight excluding hydrogens is 493 g/mol. The molecular formula is C24H23F3N6O4. The van der Waals surface area contributed by atoms with Crippen molar-refractivity contribution in [1.82, 2.24) is 15.0 Å². The van der Waals surface area contributed by atoms with E-state index in [9.17, 15) is 23.1 Å². The molecule has 2 atom stereocenters. The number of aromatic nitrogens is 3. The van der Waals surface area contributed by atoms with Crippen LogP contribution in [0.5, 0.6) is 5.75 Å². The molecule has 2 aliphatic rings. The minimum atomic E-state index is -4.51. The smallest absolute Gasteiger partial charge is 0.416 e. The van der Waals surface area contributed by atoms with Crippen LogP contribution in [0.4, 0.5) is 35.3 Å². The van der Waals surface area contributed by atoms with Crippen LogP contribution in [-0.4, -0.2) is 69.6 Å². The third-order valence-corrected chi connectivity index (χ3v) is 6.13. The third kappa shape index (κ3) is 5.13. The van der Waals surface area contributed by atoms with Crippen LogP contribution in [0.2, 0.25) is 0 Å². The number of halogens is 3. The number of carbonyl (C=O) groups is 1. The van der Waals surface area contributed by atoms with Crippen molar-refractivity contribution in [2.75, 3.05) is 41.4 Å². The van der Waals surface area contributed by atoms with E-state index < -0.39 is 30.5 Å². The Bertz CT molecular complexity index is 1310.